The van der Waals surface area contributed by atoms with Gasteiger partial charge in [0.25, 0.3) is 5.91 Å². The zero-order valence-corrected chi connectivity index (χ0v) is 20.6. The fraction of sp³-hybridized carbons (Fsp3) is 0.310. The van der Waals surface area contributed by atoms with Crippen molar-refractivity contribution < 1.29 is 9.53 Å². The number of primary amides is 1. The van der Waals surface area contributed by atoms with E-state index in [1.165, 1.54) is 0 Å². The van der Waals surface area contributed by atoms with Gasteiger partial charge in [0, 0.05) is 36.2 Å². The van der Waals surface area contributed by atoms with Gasteiger partial charge in [-0.3, -0.25) is 9.79 Å². The van der Waals surface area contributed by atoms with E-state index in [2.05, 4.69) is 24.3 Å². The molecule has 1 amide bonds. The third-order valence-electron chi connectivity index (χ3n) is 7.26. The lowest BCUT2D eigenvalue weighted by Crippen LogP contribution is -2.29. The Bertz CT molecular complexity index is 1440. The summed E-state index contributed by atoms with van der Waals surface area (Å²) in [6.45, 7) is 0.767. The van der Waals surface area contributed by atoms with Crippen LogP contribution in [0.25, 0.3) is 21.7 Å². The zero-order chi connectivity index (χ0) is 25.2. The van der Waals surface area contributed by atoms with Crippen LogP contribution in [0.3, 0.4) is 0 Å². The van der Waals surface area contributed by atoms with E-state index in [0.717, 1.165) is 64.0 Å². The highest BCUT2D eigenvalue weighted by Crippen LogP contribution is 2.31. The molecule has 0 aliphatic heterocycles. The van der Waals surface area contributed by atoms with Gasteiger partial charge in [-0.05, 0) is 48.1 Å². The van der Waals surface area contributed by atoms with E-state index in [9.17, 15) is 4.79 Å². The first-order valence-corrected chi connectivity index (χ1v) is 12.5. The average Bonchev–Trinajstić information content (AvgIpc) is 3.18. The van der Waals surface area contributed by atoms with Gasteiger partial charge in [-0.15, -0.1) is 0 Å². The molecule has 1 heterocycles. The number of rotatable bonds is 7. The molecule has 7 heteroatoms. The number of ether oxygens (including phenoxy) is 1. The SMILES string of the molecule is COCc1c(C(N)=O)n(Cc2cccc3ccccc23)c2cc(C(N)=NC3CCC(N)CC3)ccc12. The van der Waals surface area contributed by atoms with E-state index >= 15 is 0 Å². The smallest absolute Gasteiger partial charge is 0.265 e. The number of amides is 1. The Labute approximate surface area is 210 Å². The van der Waals surface area contributed by atoms with E-state index in [1.54, 1.807) is 7.11 Å². The number of carbonyl (C=O) groups excluding carboxylic acids is 1. The topological polar surface area (TPSA) is 122 Å². The Kier molecular flexibility index (Phi) is 6.76. The third-order valence-corrected chi connectivity index (χ3v) is 7.26. The summed E-state index contributed by atoms with van der Waals surface area (Å²) in [6, 6.07) is 20.9. The van der Waals surface area contributed by atoms with Gasteiger partial charge in [0.15, 0.2) is 0 Å². The minimum absolute atomic E-state index is 0.188. The highest BCUT2D eigenvalue weighted by atomic mass is 16.5. The minimum atomic E-state index is -0.486. The molecule has 6 N–H and O–H groups in total. The molecule has 7 nitrogen and oxygen atoms in total. The Morgan fingerprint density at radius 1 is 1.00 bits per heavy atom. The van der Waals surface area contributed by atoms with Gasteiger partial charge in [-0.1, -0.05) is 54.6 Å². The van der Waals surface area contributed by atoms with Gasteiger partial charge >= 0.3 is 0 Å². The van der Waals surface area contributed by atoms with Crippen LogP contribution in [0.5, 0.6) is 0 Å². The van der Waals surface area contributed by atoms with E-state index in [1.807, 2.05) is 41.0 Å². The molecule has 1 saturated carbocycles. The van der Waals surface area contributed by atoms with Crippen molar-refractivity contribution in [2.45, 2.75) is 50.9 Å². The van der Waals surface area contributed by atoms with Gasteiger partial charge < -0.3 is 26.5 Å². The van der Waals surface area contributed by atoms with E-state index < -0.39 is 5.91 Å². The molecule has 3 aromatic carbocycles. The molecule has 0 spiro atoms. The highest BCUT2D eigenvalue weighted by molar-refractivity contribution is 6.05. The summed E-state index contributed by atoms with van der Waals surface area (Å²) in [6.07, 6.45) is 3.84. The molecule has 1 aliphatic rings. The normalized spacial score (nSPS) is 18.7. The number of nitrogens with two attached hydrogens (primary N) is 3. The zero-order valence-electron chi connectivity index (χ0n) is 20.6. The Morgan fingerprint density at radius 3 is 2.50 bits per heavy atom. The van der Waals surface area contributed by atoms with E-state index in [-0.39, 0.29) is 18.7 Å². The summed E-state index contributed by atoms with van der Waals surface area (Å²) >= 11 is 0. The lowest BCUT2D eigenvalue weighted by atomic mass is 9.92. The van der Waals surface area contributed by atoms with Gasteiger partial charge in [0.1, 0.15) is 11.5 Å². The lowest BCUT2D eigenvalue weighted by molar-refractivity contribution is 0.0987. The number of benzene rings is 3. The summed E-state index contributed by atoms with van der Waals surface area (Å²) in [5.74, 6) is 0.0180. The van der Waals surface area contributed by atoms with Crippen molar-refractivity contribution in [3.8, 4) is 0 Å². The second-order valence-electron chi connectivity index (χ2n) is 9.66. The predicted octanol–water partition coefficient (Wildman–Crippen LogP) is 4.06. The summed E-state index contributed by atoms with van der Waals surface area (Å²) in [4.78, 5) is 17.6. The molecule has 0 unspecified atom stereocenters. The van der Waals surface area contributed by atoms with Crippen molar-refractivity contribution in [2.75, 3.05) is 7.11 Å². The highest BCUT2D eigenvalue weighted by Gasteiger charge is 2.23. The van der Waals surface area contributed by atoms with E-state index in [4.69, 9.17) is 26.9 Å². The van der Waals surface area contributed by atoms with Crippen molar-refractivity contribution in [3.63, 3.8) is 0 Å². The molecule has 1 aromatic heterocycles. The molecule has 0 bridgehead atoms. The van der Waals surface area contributed by atoms with Crippen molar-refractivity contribution in [1.29, 1.82) is 0 Å². The van der Waals surface area contributed by atoms with Crippen LogP contribution in [0.1, 0.15) is 52.9 Å². The molecule has 0 saturated heterocycles. The Hall–Kier alpha value is -3.68. The van der Waals surface area contributed by atoms with Crippen LogP contribution in [-0.2, 0) is 17.9 Å². The molecule has 1 fully saturated rings. The van der Waals surface area contributed by atoms with Gasteiger partial charge in [0.05, 0.1) is 18.2 Å². The molecule has 36 heavy (non-hydrogen) atoms. The Balaban J connectivity index is 1.63. The second-order valence-corrected chi connectivity index (χ2v) is 9.66. The summed E-state index contributed by atoms with van der Waals surface area (Å²) in [5.41, 5.74) is 22.5. The molecular formula is C29H33N5O2. The average molecular weight is 484 g/mol. The molecule has 1 aliphatic carbocycles. The van der Waals surface area contributed by atoms with Crippen LogP contribution in [0.2, 0.25) is 0 Å². The molecule has 5 rings (SSSR count). The third kappa shape index (κ3) is 4.59. The summed E-state index contributed by atoms with van der Waals surface area (Å²) in [5, 5.41) is 3.21. The molecule has 0 radical (unpaired) electrons. The molecule has 0 atom stereocenters. The lowest BCUT2D eigenvalue weighted by Gasteiger charge is -2.23. The number of aliphatic imine (C=N–C) groups is 1. The minimum Gasteiger partial charge on any atom is -0.383 e. The monoisotopic (exact) mass is 483 g/mol. The maximum absolute atomic E-state index is 12.7. The van der Waals surface area contributed by atoms with Crippen molar-refractivity contribution >= 4 is 33.4 Å². The first-order chi connectivity index (χ1) is 17.5. The second kappa shape index (κ2) is 10.1. The number of hydrogen-bond donors (Lipinski definition) is 3. The number of amidine groups is 1. The number of aromatic nitrogens is 1. The molecule has 186 valence electrons. The Morgan fingerprint density at radius 2 is 1.75 bits per heavy atom. The van der Waals surface area contributed by atoms with E-state index in [0.29, 0.717) is 18.1 Å². The first-order valence-electron chi connectivity index (χ1n) is 12.5. The van der Waals surface area contributed by atoms with Gasteiger partial charge in [0.2, 0.25) is 0 Å². The molecular weight excluding hydrogens is 450 g/mol. The maximum atomic E-state index is 12.7. The van der Waals surface area contributed by atoms with Gasteiger partial charge in [-0.2, -0.15) is 0 Å². The van der Waals surface area contributed by atoms with Crippen LogP contribution in [0.15, 0.2) is 65.7 Å². The first kappa shape index (κ1) is 24.0. The van der Waals surface area contributed by atoms with Crippen LogP contribution in [0.4, 0.5) is 0 Å². The largest absolute Gasteiger partial charge is 0.383 e. The summed E-state index contributed by atoms with van der Waals surface area (Å²) < 4.78 is 7.46. The van der Waals surface area contributed by atoms with Crippen LogP contribution in [-0.4, -0.2) is 35.5 Å². The van der Waals surface area contributed by atoms with Gasteiger partial charge in [-0.25, -0.2) is 0 Å². The number of nitrogens with zero attached hydrogens (tertiary/aromatic N) is 2. The maximum Gasteiger partial charge on any atom is 0.265 e. The van der Waals surface area contributed by atoms with Crippen LogP contribution in [0, 0.1) is 0 Å². The van der Waals surface area contributed by atoms with Crippen molar-refractivity contribution in [1.82, 2.24) is 4.57 Å². The quantitative estimate of drug-likeness (QED) is 0.271. The van der Waals surface area contributed by atoms with Crippen molar-refractivity contribution in [3.05, 3.63) is 83.0 Å². The summed E-state index contributed by atoms with van der Waals surface area (Å²) in [7, 11) is 1.62. The molecule has 4 aromatic rings. The number of carbonyl (C=O) groups is 1. The van der Waals surface area contributed by atoms with Crippen LogP contribution < -0.4 is 17.2 Å². The fourth-order valence-electron chi connectivity index (χ4n) is 5.42. The van der Waals surface area contributed by atoms with Crippen molar-refractivity contribution in [2.24, 2.45) is 22.2 Å². The number of hydrogen-bond acceptors (Lipinski definition) is 4. The number of methoxy groups -OCH3 is 1. The predicted molar refractivity (Wildman–Crippen MR) is 145 cm³/mol. The number of fused-ring (bicyclic) bond motifs is 2. The fourth-order valence-corrected chi connectivity index (χ4v) is 5.42. The standard InChI is InChI=1S/C29H33N5O2/c1-36-17-25-24-14-9-19(28(31)33-22-12-10-21(30)11-13-22)15-26(24)34(27(25)29(32)35)16-20-7-4-6-18-5-2-3-8-23(18)20/h2-9,14-15,21-22H,10-13,16-17,30H2,1H3,(H2,31,33)(H2,32,35). The van der Waals surface area contributed by atoms with Crippen LogP contribution >= 0.6 is 0 Å².